The molecule has 198 valence electrons. The monoisotopic (exact) mass is 527 g/mol. The third-order valence-electron chi connectivity index (χ3n) is 4.92. The van der Waals surface area contributed by atoms with Gasteiger partial charge < -0.3 is 20.1 Å². The molecule has 0 heterocycles. The van der Waals surface area contributed by atoms with Crippen molar-refractivity contribution in [1.29, 1.82) is 0 Å². The first-order chi connectivity index (χ1) is 16.9. The van der Waals surface area contributed by atoms with E-state index in [1.54, 1.807) is 46.1 Å². The van der Waals surface area contributed by atoms with Gasteiger partial charge in [0.1, 0.15) is 22.1 Å². The van der Waals surface area contributed by atoms with E-state index < -0.39 is 27.5 Å². The summed E-state index contributed by atoms with van der Waals surface area (Å²) in [4.78, 5) is 24.1. The van der Waals surface area contributed by atoms with E-state index in [2.05, 4.69) is 10.6 Å². The van der Waals surface area contributed by atoms with Crippen LogP contribution in [0.3, 0.4) is 0 Å². The van der Waals surface area contributed by atoms with Crippen molar-refractivity contribution < 1.29 is 27.5 Å². The number of urea groups is 1. The molecular weight excluding hydrogens is 494 g/mol. The van der Waals surface area contributed by atoms with Crippen molar-refractivity contribution in [3.8, 4) is 28.4 Å². The molecule has 10 heteroatoms. The van der Waals surface area contributed by atoms with Crippen molar-refractivity contribution >= 4 is 22.0 Å². The molecule has 0 aliphatic rings. The lowest BCUT2D eigenvalue weighted by atomic mass is 10.1. The van der Waals surface area contributed by atoms with Gasteiger partial charge in [0.25, 0.3) is 15.9 Å². The Kier molecular flexibility index (Phi) is 9.30. The zero-order valence-corrected chi connectivity index (χ0v) is 21.5. The number of carbonyl (C=O) groups excluding carboxylic acids is 2. The van der Waals surface area contributed by atoms with Gasteiger partial charge >= 0.3 is 6.03 Å². The summed E-state index contributed by atoms with van der Waals surface area (Å²) in [5.41, 5.74) is 1.17. The van der Waals surface area contributed by atoms with E-state index in [0.29, 0.717) is 5.75 Å². The van der Waals surface area contributed by atoms with E-state index in [4.69, 9.17) is 9.47 Å². The third kappa shape index (κ3) is 7.71. The number of nitrogens with one attached hydrogen (secondary N) is 3. The highest BCUT2D eigenvalue weighted by Crippen LogP contribution is 2.32. The summed E-state index contributed by atoms with van der Waals surface area (Å²) in [6.07, 6.45) is 0. The van der Waals surface area contributed by atoms with E-state index in [0.717, 1.165) is 22.9 Å². The highest BCUT2D eigenvalue weighted by Gasteiger charge is 2.26. The number of ether oxygens (including phenoxy) is 2. The molecule has 0 saturated heterocycles. The van der Waals surface area contributed by atoms with Gasteiger partial charge in [0, 0.05) is 18.2 Å². The maximum Gasteiger partial charge on any atom is 0.329 e. The predicted octanol–water partition coefficient (Wildman–Crippen LogP) is 4.94. The Labute approximate surface area is 218 Å². The number of hydrogen-bond acceptors (Lipinski definition) is 6. The van der Waals surface area contributed by atoms with Crippen molar-refractivity contribution in [2.75, 3.05) is 14.2 Å². The summed E-state index contributed by atoms with van der Waals surface area (Å²) in [5, 5.41) is 4.99. The summed E-state index contributed by atoms with van der Waals surface area (Å²) in [7, 11) is -1.38. The molecule has 3 aromatic rings. The summed E-state index contributed by atoms with van der Waals surface area (Å²) < 4.78 is 39.4. The number of sulfonamides is 1. The number of rotatable bonds is 7. The second-order valence-corrected chi connectivity index (χ2v) is 10.6. The number of amides is 3. The summed E-state index contributed by atoms with van der Waals surface area (Å²) in [5.74, 6) is 0.552. The predicted molar refractivity (Wildman–Crippen MR) is 144 cm³/mol. The van der Waals surface area contributed by atoms with Gasteiger partial charge in [0.05, 0.1) is 7.11 Å². The minimum atomic E-state index is -4.40. The molecule has 0 fully saturated rings. The van der Waals surface area contributed by atoms with Crippen LogP contribution in [0, 0.1) is 0 Å². The molecule has 0 atom stereocenters. The van der Waals surface area contributed by atoms with Gasteiger partial charge in [-0.1, -0.05) is 31.7 Å². The Morgan fingerprint density at radius 2 is 1.54 bits per heavy atom. The SMILES string of the molecule is C.CNC(=O)c1ccc(Oc2cccc(-c3ccc(OC)cc3)c2)c(S(=O)(=O)NC(=O)NC(C)(C)C)c1. The van der Waals surface area contributed by atoms with Gasteiger partial charge in [-0.3, -0.25) is 4.79 Å². The zero-order valence-electron chi connectivity index (χ0n) is 20.7. The number of carbonyl (C=O) groups is 2. The summed E-state index contributed by atoms with van der Waals surface area (Å²) in [6.45, 7) is 5.15. The van der Waals surface area contributed by atoms with Gasteiger partial charge in [0.2, 0.25) is 0 Å². The average molecular weight is 528 g/mol. The lowest BCUT2D eigenvalue weighted by Gasteiger charge is -2.21. The lowest BCUT2D eigenvalue weighted by Crippen LogP contribution is -2.48. The van der Waals surface area contributed by atoms with Crippen molar-refractivity contribution in [3.05, 3.63) is 72.3 Å². The van der Waals surface area contributed by atoms with Crippen LogP contribution in [0.5, 0.6) is 17.2 Å². The van der Waals surface area contributed by atoms with Crippen molar-refractivity contribution in [3.63, 3.8) is 0 Å². The Morgan fingerprint density at radius 1 is 0.865 bits per heavy atom. The van der Waals surface area contributed by atoms with Crippen molar-refractivity contribution in [2.45, 2.75) is 38.6 Å². The maximum absolute atomic E-state index is 13.2. The lowest BCUT2D eigenvalue weighted by molar-refractivity contribution is 0.0963. The molecule has 3 N–H and O–H groups in total. The average Bonchev–Trinajstić information content (AvgIpc) is 2.82. The molecule has 3 amide bonds. The topological polar surface area (TPSA) is 123 Å². The largest absolute Gasteiger partial charge is 0.497 e. The minimum Gasteiger partial charge on any atom is -0.497 e. The van der Waals surface area contributed by atoms with Crippen molar-refractivity contribution in [2.24, 2.45) is 0 Å². The molecule has 0 aromatic heterocycles. The number of methoxy groups -OCH3 is 1. The normalized spacial score (nSPS) is 11.1. The fraction of sp³-hybridized carbons (Fsp3) is 0.259. The van der Waals surface area contributed by atoms with E-state index in [1.165, 1.54) is 19.2 Å². The number of benzene rings is 3. The molecular formula is C27H33N3O6S. The Balaban J connectivity index is 0.00000481. The van der Waals surface area contributed by atoms with E-state index >= 15 is 0 Å². The molecule has 0 spiro atoms. The van der Waals surface area contributed by atoms with Crippen LogP contribution < -0.4 is 24.8 Å². The van der Waals surface area contributed by atoms with Gasteiger partial charge in [-0.15, -0.1) is 0 Å². The van der Waals surface area contributed by atoms with Crippen LogP contribution in [0.4, 0.5) is 4.79 Å². The molecule has 3 rings (SSSR count). The molecule has 37 heavy (non-hydrogen) atoms. The minimum absolute atomic E-state index is 0. The first-order valence-electron chi connectivity index (χ1n) is 11.1. The Morgan fingerprint density at radius 3 is 2.14 bits per heavy atom. The van der Waals surface area contributed by atoms with Crippen LogP contribution >= 0.6 is 0 Å². The fourth-order valence-corrected chi connectivity index (χ4v) is 4.34. The van der Waals surface area contributed by atoms with Gasteiger partial charge in [0.15, 0.2) is 0 Å². The Bertz CT molecular complexity index is 1360. The Hall–Kier alpha value is -4.05. The number of hydrogen-bond donors (Lipinski definition) is 3. The van der Waals surface area contributed by atoms with Crippen LogP contribution in [0.1, 0.15) is 38.6 Å². The smallest absolute Gasteiger partial charge is 0.329 e. The second-order valence-electron chi connectivity index (χ2n) is 8.91. The molecule has 0 aliphatic carbocycles. The molecule has 0 saturated carbocycles. The second kappa shape index (κ2) is 11.8. The standard InChI is InChI=1S/C26H29N3O6S.CH4/c1-26(2,3)28-25(31)29-36(32,33)23-16-19(24(30)27-4)11-14-22(23)35-21-8-6-7-18(15-21)17-9-12-20(34-5)13-10-17;/h6-16H,1-5H3,(H,27,30)(H2,28,29,31);1H4. The van der Waals surface area contributed by atoms with Gasteiger partial charge in [-0.05, 0) is 74.4 Å². The van der Waals surface area contributed by atoms with Crippen LogP contribution in [0.15, 0.2) is 71.6 Å². The first-order valence-corrected chi connectivity index (χ1v) is 12.5. The maximum atomic E-state index is 13.2. The quantitative estimate of drug-likeness (QED) is 0.400. The highest BCUT2D eigenvalue weighted by atomic mass is 32.2. The van der Waals surface area contributed by atoms with Crippen LogP contribution in [0.2, 0.25) is 0 Å². The van der Waals surface area contributed by atoms with Crippen molar-refractivity contribution in [1.82, 2.24) is 15.4 Å². The van der Waals surface area contributed by atoms with Crippen LogP contribution in [0.25, 0.3) is 11.1 Å². The molecule has 9 nitrogen and oxygen atoms in total. The molecule has 0 aliphatic heterocycles. The van der Waals surface area contributed by atoms with Crippen LogP contribution in [-0.2, 0) is 10.0 Å². The summed E-state index contributed by atoms with van der Waals surface area (Å²) in [6, 6.07) is 17.6. The molecule has 3 aromatic carbocycles. The van der Waals surface area contributed by atoms with E-state index in [-0.39, 0.29) is 23.6 Å². The van der Waals surface area contributed by atoms with Gasteiger partial charge in [-0.2, -0.15) is 0 Å². The van der Waals surface area contributed by atoms with Gasteiger partial charge in [-0.25, -0.2) is 17.9 Å². The first kappa shape index (κ1) is 29.2. The van der Waals surface area contributed by atoms with E-state index in [9.17, 15) is 18.0 Å². The third-order valence-corrected chi connectivity index (χ3v) is 6.28. The zero-order chi connectivity index (χ0) is 26.5. The van der Waals surface area contributed by atoms with E-state index in [1.807, 2.05) is 35.1 Å². The highest BCUT2D eigenvalue weighted by molar-refractivity contribution is 7.90. The molecule has 0 radical (unpaired) electrons. The van der Waals surface area contributed by atoms with Crippen LogP contribution in [-0.4, -0.2) is 40.1 Å². The molecule has 0 unspecified atom stereocenters. The fourth-order valence-electron chi connectivity index (χ4n) is 3.28. The summed E-state index contributed by atoms with van der Waals surface area (Å²) >= 11 is 0. The molecule has 0 bridgehead atoms.